The van der Waals surface area contributed by atoms with Crippen LogP contribution >= 0.6 is 0 Å². The molecule has 0 saturated carbocycles. The number of nitrogens with zero attached hydrogens (tertiary/aromatic N) is 4. The molecule has 0 aromatic carbocycles. The molecule has 4 rings (SSSR count). The molecule has 0 radical (unpaired) electrons. The summed E-state index contributed by atoms with van der Waals surface area (Å²) in [7, 11) is 0. The van der Waals surface area contributed by atoms with E-state index in [0.717, 1.165) is 41.3 Å². The molecular weight excluding hydrogens is 354 g/mol. The van der Waals surface area contributed by atoms with Gasteiger partial charge in [-0.25, -0.2) is 20.4 Å². The highest BCUT2D eigenvalue weighted by Gasteiger charge is 2.16. The number of fused-ring (bicyclic) bond motifs is 1. The van der Waals surface area contributed by atoms with E-state index < -0.39 is 0 Å². The first-order valence-electron chi connectivity index (χ1n) is 9.63. The van der Waals surface area contributed by atoms with E-state index >= 15 is 0 Å². The maximum atomic E-state index is 5.46. The summed E-state index contributed by atoms with van der Waals surface area (Å²) >= 11 is 0. The normalized spacial score (nSPS) is 19.9. The van der Waals surface area contributed by atoms with Gasteiger partial charge in [0.25, 0.3) is 0 Å². The summed E-state index contributed by atoms with van der Waals surface area (Å²) in [6.07, 6.45) is 13.9. The van der Waals surface area contributed by atoms with E-state index in [2.05, 4.69) is 44.1 Å². The second kappa shape index (κ2) is 9.18. The molecule has 0 amide bonds. The number of hydrogen-bond donors (Lipinski definition) is 3. The van der Waals surface area contributed by atoms with Crippen molar-refractivity contribution in [3.05, 3.63) is 54.1 Å². The van der Waals surface area contributed by atoms with Crippen LogP contribution in [0.15, 0.2) is 53.4 Å². The Labute approximate surface area is 165 Å². The molecule has 0 spiro atoms. The molecule has 148 valence electrons. The largest absolute Gasteiger partial charge is 0.448 e. The Kier molecular flexibility index (Phi) is 6.44. The number of aliphatic imine (C=N–C) groups is 1. The van der Waals surface area contributed by atoms with Gasteiger partial charge in [0.05, 0.1) is 11.9 Å². The summed E-state index contributed by atoms with van der Waals surface area (Å²) in [5, 5.41) is 3.38. The Morgan fingerprint density at radius 1 is 1.39 bits per heavy atom. The summed E-state index contributed by atoms with van der Waals surface area (Å²) in [5.74, 6) is 1.50. The van der Waals surface area contributed by atoms with Crippen LogP contribution in [-0.2, 0) is 4.74 Å². The summed E-state index contributed by atoms with van der Waals surface area (Å²) in [4.78, 5) is 13.3. The van der Waals surface area contributed by atoms with Gasteiger partial charge in [-0.3, -0.25) is 4.40 Å². The van der Waals surface area contributed by atoms with Gasteiger partial charge >= 0.3 is 0 Å². The standard InChI is InChI=1S/C18H21N7O.C2H6/c1-3-4-14(7-16-12(2)21-11-26-16)24-17-18-20-10-15(13-8-22-23-9-13)25(18)6-5-19-17;1-2/h4-8,10-12,22-23H,3,9H2,1-2H3,(H,19,24);1-2H3/b14-4+,16-7+;. The van der Waals surface area contributed by atoms with Gasteiger partial charge in [-0.2, -0.15) is 0 Å². The maximum Gasteiger partial charge on any atom is 0.180 e. The second-order valence-corrected chi connectivity index (χ2v) is 6.07. The first kappa shape index (κ1) is 19.6. The van der Waals surface area contributed by atoms with Gasteiger partial charge in [-0.15, -0.1) is 0 Å². The molecule has 8 heteroatoms. The van der Waals surface area contributed by atoms with Crippen LogP contribution in [-0.4, -0.2) is 33.4 Å². The van der Waals surface area contributed by atoms with Crippen molar-refractivity contribution in [3.8, 4) is 0 Å². The highest BCUT2D eigenvalue weighted by molar-refractivity contribution is 5.73. The molecule has 0 aliphatic carbocycles. The molecule has 2 aromatic rings. The molecule has 2 aromatic heterocycles. The zero-order valence-electron chi connectivity index (χ0n) is 16.7. The van der Waals surface area contributed by atoms with Crippen LogP contribution in [0, 0.1) is 0 Å². The number of hydrazine groups is 1. The fourth-order valence-corrected chi connectivity index (χ4v) is 2.91. The molecule has 8 nitrogen and oxygen atoms in total. The SMILES string of the molecule is CC.CC/C=C(\C=C1\OC=NC1C)Nc1nccn2c(C3=CNNC3)cnc12. The van der Waals surface area contributed by atoms with Gasteiger partial charge in [-0.1, -0.05) is 26.8 Å². The molecule has 4 heterocycles. The molecular formula is C20H27N7O. The fourth-order valence-electron chi connectivity index (χ4n) is 2.91. The lowest BCUT2D eigenvalue weighted by Gasteiger charge is -2.10. The van der Waals surface area contributed by atoms with Gasteiger partial charge in [0.15, 0.2) is 17.9 Å². The summed E-state index contributed by atoms with van der Waals surface area (Å²) in [5.41, 5.74) is 9.94. The van der Waals surface area contributed by atoms with E-state index in [-0.39, 0.29) is 6.04 Å². The number of ether oxygens (including phenoxy) is 1. The van der Waals surface area contributed by atoms with Gasteiger partial charge in [0.1, 0.15) is 11.8 Å². The summed E-state index contributed by atoms with van der Waals surface area (Å²) in [6.45, 7) is 8.83. The van der Waals surface area contributed by atoms with Crippen molar-refractivity contribution in [1.82, 2.24) is 25.2 Å². The van der Waals surface area contributed by atoms with E-state index in [4.69, 9.17) is 4.74 Å². The highest BCUT2D eigenvalue weighted by Crippen LogP contribution is 2.23. The highest BCUT2D eigenvalue weighted by atomic mass is 16.5. The lowest BCUT2D eigenvalue weighted by Crippen LogP contribution is -2.20. The number of allylic oxidation sites excluding steroid dienone is 2. The number of anilines is 1. The molecule has 2 aliphatic rings. The zero-order chi connectivity index (χ0) is 19.9. The Morgan fingerprint density at radius 3 is 2.93 bits per heavy atom. The number of nitrogens with one attached hydrogen (secondary N) is 3. The molecule has 28 heavy (non-hydrogen) atoms. The summed E-state index contributed by atoms with van der Waals surface area (Å²) < 4.78 is 7.50. The average molecular weight is 381 g/mol. The molecule has 1 unspecified atom stereocenters. The van der Waals surface area contributed by atoms with Crippen LogP contribution in [0.5, 0.6) is 0 Å². The van der Waals surface area contributed by atoms with Crippen molar-refractivity contribution in [2.45, 2.75) is 40.2 Å². The Bertz CT molecular complexity index is 939. The van der Waals surface area contributed by atoms with E-state index in [1.165, 1.54) is 6.40 Å². The van der Waals surface area contributed by atoms with Gasteiger partial charge in [0.2, 0.25) is 0 Å². The second-order valence-electron chi connectivity index (χ2n) is 6.07. The fraction of sp³-hybridized carbons (Fsp3) is 0.350. The lowest BCUT2D eigenvalue weighted by molar-refractivity contribution is 0.434. The molecule has 3 N–H and O–H groups in total. The zero-order valence-corrected chi connectivity index (χ0v) is 16.7. The van der Waals surface area contributed by atoms with Crippen molar-refractivity contribution >= 4 is 23.4 Å². The van der Waals surface area contributed by atoms with Crippen molar-refractivity contribution in [3.63, 3.8) is 0 Å². The van der Waals surface area contributed by atoms with Crippen LogP contribution in [0.2, 0.25) is 0 Å². The van der Waals surface area contributed by atoms with Crippen molar-refractivity contribution in [1.29, 1.82) is 0 Å². The lowest BCUT2D eigenvalue weighted by atomic mass is 10.2. The Balaban J connectivity index is 0.00000109. The third-order valence-corrected chi connectivity index (χ3v) is 4.25. The smallest absolute Gasteiger partial charge is 0.180 e. The molecule has 1 atom stereocenters. The third-order valence-electron chi connectivity index (χ3n) is 4.25. The Hall–Kier alpha value is -3.13. The number of hydrogen-bond acceptors (Lipinski definition) is 7. The van der Waals surface area contributed by atoms with Crippen LogP contribution in [0.1, 0.15) is 39.8 Å². The van der Waals surface area contributed by atoms with Gasteiger partial charge < -0.3 is 15.5 Å². The minimum absolute atomic E-state index is 0.0214. The number of imidazole rings is 1. The molecule has 0 bridgehead atoms. The van der Waals surface area contributed by atoms with Crippen LogP contribution in [0.4, 0.5) is 5.82 Å². The molecule has 0 saturated heterocycles. The van der Waals surface area contributed by atoms with Crippen LogP contribution in [0.25, 0.3) is 11.2 Å². The van der Waals surface area contributed by atoms with Crippen LogP contribution in [0.3, 0.4) is 0 Å². The van der Waals surface area contributed by atoms with Crippen molar-refractivity contribution < 1.29 is 4.74 Å². The van der Waals surface area contributed by atoms with E-state index in [1.807, 2.05) is 49.8 Å². The third kappa shape index (κ3) is 4.07. The Morgan fingerprint density at radius 2 is 2.25 bits per heavy atom. The van der Waals surface area contributed by atoms with E-state index in [0.29, 0.717) is 5.82 Å². The molecule has 2 aliphatic heterocycles. The maximum absolute atomic E-state index is 5.46. The minimum atomic E-state index is 0.0214. The molecule has 0 fully saturated rings. The van der Waals surface area contributed by atoms with Gasteiger partial charge in [0, 0.05) is 42.5 Å². The van der Waals surface area contributed by atoms with Crippen LogP contribution < -0.4 is 16.2 Å². The first-order valence-corrected chi connectivity index (χ1v) is 9.63. The van der Waals surface area contributed by atoms with E-state index in [1.54, 1.807) is 6.20 Å². The summed E-state index contributed by atoms with van der Waals surface area (Å²) in [6, 6.07) is 0.0214. The van der Waals surface area contributed by atoms with E-state index in [9.17, 15) is 0 Å². The minimum Gasteiger partial charge on any atom is -0.448 e. The monoisotopic (exact) mass is 381 g/mol. The average Bonchev–Trinajstić information content (AvgIpc) is 3.45. The topological polar surface area (TPSA) is 87.9 Å². The van der Waals surface area contributed by atoms with Gasteiger partial charge in [-0.05, 0) is 13.3 Å². The first-order chi connectivity index (χ1) is 13.8. The van der Waals surface area contributed by atoms with Crippen molar-refractivity contribution in [2.75, 3.05) is 11.9 Å². The number of rotatable bonds is 5. The quantitative estimate of drug-likeness (QED) is 0.737. The predicted octanol–water partition coefficient (Wildman–Crippen LogP) is 3.24. The van der Waals surface area contributed by atoms with Crippen molar-refractivity contribution in [2.24, 2.45) is 4.99 Å². The predicted molar refractivity (Wildman–Crippen MR) is 113 cm³/mol. The number of aromatic nitrogens is 3.